The van der Waals surface area contributed by atoms with Crippen LogP contribution in [0.1, 0.15) is 6.42 Å². The molecule has 0 unspecified atom stereocenters. The minimum Gasteiger partial charge on any atom is -0.486 e. The standard InChI is InChI=1S/C21H18N4O3S/c22-8-3-9-25(15-6-7-18-19(12-15)28-11-10-27-18)20(26)13-29-21-16-4-1-2-5-17(16)23-14-24-21/h1-2,4-7,12,14H,3,9-11,13H2. The lowest BCUT2D eigenvalue weighted by molar-refractivity contribution is -0.116. The molecular formula is C21H18N4O3S. The molecule has 1 amide bonds. The topological polar surface area (TPSA) is 88.3 Å². The van der Waals surface area contributed by atoms with E-state index in [9.17, 15) is 4.79 Å². The van der Waals surface area contributed by atoms with Gasteiger partial charge in [0.15, 0.2) is 11.5 Å². The summed E-state index contributed by atoms with van der Waals surface area (Å²) in [6, 6.07) is 15.2. The smallest absolute Gasteiger partial charge is 0.237 e. The quantitative estimate of drug-likeness (QED) is 0.458. The summed E-state index contributed by atoms with van der Waals surface area (Å²) in [6.07, 6.45) is 1.74. The Morgan fingerprint density at radius 1 is 1.14 bits per heavy atom. The van der Waals surface area contributed by atoms with Crippen molar-refractivity contribution < 1.29 is 14.3 Å². The molecular weight excluding hydrogens is 388 g/mol. The van der Waals surface area contributed by atoms with Gasteiger partial charge >= 0.3 is 0 Å². The number of benzene rings is 2. The van der Waals surface area contributed by atoms with Gasteiger partial charge in [0, 0.05) is 23.7 Å². The molecule has 0 atom stereocenters. The lowest BCUT2D eigenvalue weighted by Gasteiger charge is -2.24. The van der Waals surface area contributed by atoms with Crippen molar-refractivity contribution in [2.45, 2.75) is 11.4 Å². The van der Waals surface area contributed by atoms with E-state index in [2.05, 4.69) is 16.0 Å². The Balaban J connectivity index is 1.54. The average Bonchev–Trinajstić information content (AvgIpc) is 2.77. The third-order valence-corrected chi connectivity index (χ3v) is 5.41. The fourth-order valence-electron chi connectivity index (χ4n) is 3.06. The molecule has 29 heavy (non-hydrogen) atoms. The number of nitriles is 1. The number of carbonyl (C=O) groups is 1. The van der Waals surface area contributed by atoms with Gasteiger partial charge in [-0.1, -0.05) is 30.0 Å². The Kier molecular flexibility index (Phi) is 5.77. The molecule has 0 bridgehead atoms. The number of hydrogen-bond donors (Lipinski definition) is 0. The minimum atomic E-state index is -0.107. The van der Waals surface area contributed by atoms with Crippen molar-refractivity contribution in [3.63, 3.8) is 0 Å². The number of nitrogens with zero attached hydrogens (tertiary/aromatic N) is 4. The highest BCUT2D eigenvalue weighted by Crippen LogP contribution is 2.34. The molecule has 146 valence electrons. The fraction of sp³-hybridized carbons (Fsp3) is 0.238. The first-order valence-corrected chi connectivity index (χ1v) is 10.1. The molecule has 0 saturated heterocycles. The SMILES string of the molecule is N#CCCN(C(=O)CSc1ncnc2ccccc12)c1ccc2c(c1)OCCO2. The van der Waals surface area contributed by atoms with Crippen LogP contribution >= 0.6 is 11.8 Å². The molecule has 2 heterocycles. The van der Waals surface area contributed by atoms with E-state index in [4.69, 9.17) is 14.7 Å². The summed E-state index contributed by atoms with van der Waals surface area (Å²) in [4.78, 5) is 23.2. The lowest BCUT2D eigenvalue weighted by atomic mass is 10.2. The van der Waals surface area contributed by atoms with Crippen molar-refractivity contribution in [3.8, 4) is 17.6 Å². The Morgan fingerprint density at radius 2 is 1.97 bits per heavy atom. The molecule has 0 N–H and O–H groups in total. The number of fused-ring (bicyclic) bond motifs is 2. The third-order valence-electron chi connectivity index (χ3n) is 4.42. The van der Waals surface area contributed by atoms with Gasteiger partial charge in [0.2, 0.25) is 5.91 Å². The molecule has 0 fully saturated rings. The Bertz CT molecular complexity index is 1080. The molecule has 0 saturated carbocycles. The van der Waals surface area contributed by atoms with E-state index in [0.717, 1.165) is 15.9 Å². The second-order valence-corrected chi connectivity index (χ2v) is 7.23. The van der Waals surface area contributed by atoms with Crippen LogP contribution in [-0.2, 0) is 4.79 Å². The summed E-state index contributed by atoms with van der Waals surface area (Å²) in [5.74, 6) is 1.36. The highest BCUT2D eigenvalue weighted by Gasteiger charge is 2.20. The molecule has 1 aliphatic rings. The van der Waals surface area contributed by atoms with E-state index >= 15 is 0 Å². The van der Waals surface area contributed by atoms with E-state index in [1.807, 2.05) is 30.3 Å². The fourth-order valence-corrected chi connectivity index (χ4v) is 3.93. The number of anilines is 1. The lowest BCUT2D eigenvalue weighted by Crippen LogP contribution is -2.33. The monoisotopic (exact) mass is 406 g/mol. The van der Waals surface area contributed by atoms with E-state index in [1.54, 1.807) is 17.0 Å². The van der Waals surface area contributed by atoms with Crippen molar-refractivity contribution in [3.05, 3.63) is 48.8 Å². The predicted molar refractivity (Wildman–Crippen MR) is 110 cm³/mol. The van der Waals surface area contributed by atoms with Crippen molar-refractivity contribution in [2.24, 2.45) is 0 Å². The van der Waals surface area contributed by atoms with Gasteiger partial charge in [0.05, 0.1) is 23.8 Å². The van der Waals surface area contributed by atoms with E-state index in [-0.39, 0.29) is 18.1 Å². The van der Waals surface area contributed by atoms with Gasteiger partial charge in [0.25, 0.3) is 0 Å². The Hall–Kier alpha value is -3.31. The van der Waals surface area contributed by atoms with Crippen LogP contribution in [0.15, 0.2) is 53.8 Å². The zero-order chi connectivity index (χ0) is 20.1. The summed E-state index contributed by atoms with van der Waals surface area (Å²) in [7, 11) is 0. The number of amides is 1. The van der Waals surface area contributed by atoms with Crippen molar-refractivity contribution in [2.75, 3.05) is 30.4 Å². The summed E-state index contributed by atoms with van der Waals surface area (Å²) in [6.45, 7) is 1.28. The van der Waals surface area contributed by atoms with Gasteiger partial charge in [-0.05, 0) is 18.2 Å². The zero-order valence-electron chi connectivity index (χ0n) is 15.6. The second kappa shape index (κ2) is 8.80. The highest BCUT2D eigenvalue weighted by molar-refractivity contribution is 8.00. The normalized spacial score (nSPS) is 12.4. The van der Waals surface area contributed by atoms with Gasteiger partial charge in [-0.15, -0.1) is 0 Å². The van der Waals surface area contributed by atoms with Crippen molar-refractivity contribution in [1.82, 2.24) is 9.97 Å². The summed E-state index contributed by atoms with van der Waals surface area (Å²) < 4.78 is 11.2. The first-order valence-electron chi connectivity index (χ1n) is 9.16. The van der Waals surface area contributed by atoms with Crippen molar-refractivity contribution in [1.29, 1.82) is 5.26 Å². The maximum Gasteiger partial charge on any atom is 0.237 e. The number of rotatable bonds is 6. The van der Waals surface area contributed by atoms with Crippen LogP contribution in [0.4, 0.5) is 5.69 Å². The molecule has 0 radical (unpaired) electrons. The zero-order valence-corrected chi connectivity index (χ0v) is 16.4. The van der Waals surface area contributed by atoms with Gasteiger partial charge in [-0.2, -0.15) is 5.26 Å². The molecule has 4 rings (SSSR count). The predicted octanol–water partition coefficient (Wildman–Crippen LogP) is 3.44. The number of para-hydroxylation sites is 1. The largest absolute Gasteiger partial charge is 0.486 e. The van der Waals surface area contributed by atoms with Crippen LogP contribution in [0.5, 0.6) is 11.5 Å². The molecule has 7 nitrogen and oxygen atoms in total. The Labute approximate surface area is 172 Å². The van der Waals surface area contributed by atoms with Crippen LogP contribution in [0.25, 0.3) is 10.9 Å². The number of thioether (sulfide) groups is 1. The van der Waals surface area contributed by atoms with Crippen LogP contribution in [0.3, 0.4) is 0 Å². The summed E-state index contributed by atoms with van der Waals surface area (Å²) >= 11 is 1.36. The highest BCUT2D eigenvalue weighted by atomic mass is 32.2. The van der Waals surface area contributed by atoms with E-state index in [1.165, 1.54) is 18.1 Å². The molecule has 1 aliphatic heterocycles. The van der Waals surface area contributed by atoms with Crippen LogP contribution in [0.2, 0.25) is 0 Å². The second-order valence-electron chi connectivity index (χ2n) is 6.27. The molecule has 8 heteroatoms. The van der Waals surface area contributed by atoms with Crippen LogP contribution < -0.4 is 14.4 Å². The molecule has 3 aromatic rings. The molecule has 1 aromatic heterocycles. The average molecular weight is 406 g/mol. The number of ether oxygens (including phenoxy) is 2. The molecule has 0 spiro atoms. The van der Waals surface area contributed by atoms with Crippen molar-refractivity contribution >= 4 is 34.3 Å². The van der Waals surface area contributed by atoms with E-state index in [0.29, 0.717) is 36.9 Å². The van der Waals surface area contributed by atoms with Gasteiger partial charge in [-0.25, -0.2) is 9.97 Å². The van der Waals surface area contributed by atoms with E-state index < -0.39 is 0 Å². The first-order chi connectivity index (χ1) is 14.3. The summed E-state index contributed by atoms with van der Waals surface area (Å²) in [5.41, 5.74) is 1.52. The van der Waals surface area contributed by atoms with Gasteiger partial charge in [0.1, 0.15) is 24.6 Å². The maximum atomic E-state index is 13.0. The number of aromatic nitrogens is 2. The van der Waals surface area contributed by atoms with Gasteiger partial charge in [-0.3, -0.25) is 4.79 Å². The minimum absolute atomic E-state index is 0.107. The van der Waals surface area contributed by atoms with Crippen LogP contribution in [-0.4, -0.2) is 41.4 Å². The number of hydrogen-bond acceptors (Lipinski definition) is 7. The van der Waals surface area contributed by atoms with Gasteiger partial charge < -0.3 is 14.4 Å². The number of carbonyl (C=O) groups excluding carboxylic acids is 1. The Morgan fingerprint density at radius 3 is 2.83 bits per heavy atom. The molecule has 2 aromatic carbocycles. The summed E-state index contributed by atoms with van der Waals surface area (Å²) in [5, 5.41) is 10.7. The maximum absolute atomic E-state index is 13.0. The first kappa shape index (κ1) is 19.0. The third kappa shape index (κ3) is 4.25. The molecule has 0 aliphatic carbocycles. The van der Waals surface area contributed by atoms with Crippen LogP contribution in [0, 0.1) is 11.3 Å².